The van der Waals surface area contributed by atoms with Gasteiger partial charge in [-0.3, -0.25) is 4.79 Å². The first-order chi connectivity index (χ1) is 8.61. The molecule has 1 rings (SSSR count). The van der Waals surface area contributed by atoms with E-state index in [4.69, 9.17) is 11.5 Å². The highest BCUT2D eigenvalue weighted by molar-refractivity contribution is 7.99. The van der Waals surface area contributed by atoms with Crippen LogP contribution in [0.3, 0.4) is 0 Å². The summed E-state index contributed by atoms with van der Waals surface area (Å²) in [6, 6.07) is 0. The van der Waals surface area contributed by atoms with Gasteiger partial charge in [-0.1, -0.05) is 26.2 Å². The van der Waals surface area contributed by atoms with Crippen molar-refractivity contribution < 1.29 is 4.79 Å². The SMILES string of the molecule is CCCCCCNc1sc(C(N)=O)c(N)c1SC. The molecule has 0 atom stereocenters. The van der Waals surface area contributed by atoms with Crippen LogP contribution in [0.4, 0.5) is 10.7 Å². The van der Waals surface area contributed by atoms with Gasteiger partial charge >= 0.3 is 0 Å². The maximum Gasteiger partial charge on any atom is 0.261 e. The number of unbranched alkanes of at least 4 members (excludes halogenated alkanes) is 3. The molecule has 0 saturated carbocycles. The van der Waals surface area contributed by atoms with Crippen LogP contribution in [-0.4, -0.2) is 18.7 Å². The summed E-state index contributed by atoms with van der Waals surface area (Å²) >= 11 is 2.89. The second-order valence-corrected chi connectivity index (χ2v) is 5.90. The van der Waals surface area contributed by atoms with Crippen molar-refractivity contribution in [1.82, 2.24) is 0 Å². The molecule has 0 aliphatic carbocycles. The van der Waals surface area contributed by atoms with Crippen molar-refractivity contribution in [3.63, 3.8) is 0 Å². The summed E-state index contributed by atoms with van der Waals surface area (Å²) in [5.74, 6) is -0.452. The lowest BCUT2D eigenvalue weighted by atomic mass is 10.2. The van der Waals surface area contributed by atoms with E-state index in [2.05, 4.69) is 12.2 Å². The number of thiophene rings is 1. The predicted molar refractivity (Wildman–Crippen MR) is 81.7 cm³/mol. The highest BCUT2D eigenvalue weighted by atomic mass is 32.2. The molecule has 18 heavy (non-hydrogen) atoms. The molecule has 0 aromatic carbocycles. The van der Waals surface area contributed by atoms with Crippen molar-refractivity contribution >= 4 is 39.7 Å². The predicted octanol–water partition coefficient (Wildman–Crippen LogP) is 3.14. The molecule has 0 aliphatic rings. The van der Waals surface area contributed by atoms with Crippen molar-refractivity contribution in [2.45, 2.75) is 37.5 Å². The van der Waals surface area contributed by atoms with Gasteiger partial charge in [0.25, 0.3) is 5.91 Å². The van der Waals surface area contributed by atoms with E-state index in [1.165, 1.54) is 30.6 Å². The first kappa shape index (κ1) is 15.2. The van der Waals surface area contributed by atoms with Crippen LogP contribution < -0.4 is 16.8 Å². The first-order valence-corrected chi connectivity index (χ1v) is 8.15. The van der Waals surface area contributed by atoms with E-state index in [9.17, 15) is 4.79 Å². The Bertz CT molecular complexity index is 404. The fraction of sp³-hybridized carbons (Fsp3) is 0.583. The number of hydrogen-bond acceptors (Lipinski definition) is 5. The largest absolute Gasteiger partial charge is 0.396 e. The molecule has 5 N–H and O–H groups in total. The van der Waals surface area contributed by atoms with E-state index >= 15 is 0 Å². The number of rotatable bonds is 8. The highest BCUT2D eigenvalue weighted by Crippen LogP contribution is 2.41. The summed E-state index contributed by atoms with van der Waals surface area (Å²) in [4.78, 5) is 12.6. The minimum absolute atomic E-state index is 0.452. The average molecular weight is 287 g/mol. The van der Waals surface area contributed by atoms with Crippen LogP contribution in [-0.2, 0) is 0 Å². The monoisotopic (exact) mass is 287 g/mol. The number of amides is 1. The van der Waals surface area contributed by atoms with Crippen molar-refractivity contribution in [2.24, 2.45) is 5.73 Å². The lowest BCUT2D eigenvalue weighted by Gasteiger charge is -2.05. The molecule has 0 spiro atoms. The molecule has 4 nitrogen and oxygen atoms in total. The molecule has 1 heterocycles. The first-order valence-electron chi connectivity index (χ1n) is 6.11. The molecular formula is C12H21N3OS2. The molecule has 1 amide bonds. The van der Waals surface area contributed by atoms with E-state index in [0.717, 1.165) is 22.9 Å². The molecule has 0 radical (unpaired) electrons. The van der Waals surface area contributed by atoms with Crippen LogP contribution in [0.15, 0.2) is 4.90 Å². The van der Waals surface area contributed by atoms with Crippen molar-refractivity contribution in [3.05, 3.63) is 4.88 Å². The molecule has 1 aromatic rings. The third-order valence-corrected chi connectivity index (χ3v) is 4.78. The van der Waals surface area contributed by atoms with Crippen molar-refractivity contribution in [1.29, 1.82) is 0 Å². The molecular weight excluding hydrogens is 266 g/mol. The molecule has 6 heteroatoms. The second-order valence-electron chi connectivity index (χ2n) is 4.06. The van der Waals surface area contributed by atoms with Crippen LogP contribution >= 0.6 is 23.1 Å². The summed E-state index contributed by atoms with van der Waals surface area (Å²) in [5.41, 5.74) is 11.7. The quantitative estimate of drug-likeness (QED) is 0.507. The van der Waals surface area contributed by atoms with Gasteiger partial charge in [0.15, 0.2) is 0 Å². The standard InChI is InChI=1S/C12H21N3OS2/c1-3-4-5-6-7-15-12-10(17-2)8(13)9(18-12)11(14)16/h15H,3-7,13H2,1-2H3,(H2,14,16). The number of nitrogens with one attached hydrogen (secondary N) is 1. The van der Waals surface area contributed by atoms with Gasteiger partial charge in [-0.2, -0.15) is 0 Å². The Morgan fingerprint density at radius 1 is 1.39 bits per heavy atom. The van der Waals surface area contributed by atoms with Crippen LogP contribution in [0.5, 0.6) is 0 Å². The molecule has 0 saturated heterocycles. The zero-order valence-electron chi connectivity index (χ0n) is 10.9. The van der Waals surface area contributed by atoms with E-state index in [1.54, 1.807) is 11.8 Å². The molecule has 0 fully saturated rings. The number of carbonyl (C=O) groups is 1. The van der Waals surface area contributed by atoms with Gasteiger partial charge in [-0.15, -0.1) is 23.1 Å². The number of primary amides is 1. The minimum atomic E-state index is -0.452. The van der Waals surface area contributed by atoms with Gasteiger partial charge in [-0.05, 0) is 12.7 Å². The number of carbonyl (C=O) groups excluding carboxylic acids is 1. The highest BCUT2D eigenvalue weighted by Gasteiger charge is 2.18. The summed E-state index contributed by atoms with van der Waals surface area (Å²) in [5, 5.41) is 4.31. The minimum Gasteiger partial charge on any atom is -0.396 e. The molecule has 0 unspecified atom stereocenters. The second kappa shape index (κ2) is 7.53. The topological polar surface area (TPSA) is 81.1 Å². The van der Waals surface area contributed by atoms with Crippen LogP contribution in [0.25, 0.3) is 0 Å². The van der Waals surface area contributed by atoms with Crippen LogP contribution in [0.1, 0.15) is 42.3 Å². The summed E-state index contributed by atoms with van der Waals surface area (Å²) < 4.78 is 0. The third kappa shape index (κ3) is 3.81. The number of nitrogen functional groups attached to an aromatic ring is 1. The zero-order valence-corrected chi connectivity index (χ0v) is 12.5. The van der Waals surface area contributed by atoms with Crippen LogP contribution in [0, 0.1) is 0 Å². The van der Waals surface area contributed by atoms with E-state index in [0.29, 0.717) is 10.6 Å². The lowest BCUT2D eigenvalue weighted by molar-refractivity contribution is 0.100. The van der Waals surface area contributed by atoms with Gasteiger partial charge in [0.1, 0.15) is 9.88 Å². The van der Waals surface area contributed by atoms with Gasteiger partial charge < -0.3 is 16.8 Å². The summed E-state index contributed by atoms with van der Waals surface area (Å²) in [6.07, 6.45) is 6.79. The summed E-state index contributed by atoms with van der Waals surface area (Å²) in [7, 11) is 0. The maximum absolute atomic E-state index is 11.2. The Kier molecular flexibility index (Phi) is 6.35. The normalized spacial score (nSPS) is 10.6. The number of thioether (sulfide) groups is 1. The third-order valence-electron chi connectivity index (χ3n) is 2.64. The number of hydrogen-bond donors (Lipinski definition) is 3. The fourth-order valence-corrected chi connectivity index (χ4v) is 3.60. The van der Waals surface area contributed by atoms with Gasteiger partial charge in [0.2, 0.25) is 0 Å². The Labute approximate surface area is 117 Å². The van der Waals surface area contributed by atoms with E-state index < -0.39 is 5.91 Å². The molecule has 0 bridgehead atoms. The van der Waals surface area contributed by atoms with Gasteiger partial charge in [0.05, 0.1) is 10.6 Å². The van der Waals surface area contributed by atoms with Crippen LogP contribution in [0.2, 0.25) is 0 Å². The molecule has 0 aliphatic heterocycles. The van der Waals surface area contributed by atoms with Crippen molar-refractivity contribution in [2.75, 3.05) is 23.9 Å². The smallest absolute Gasteiger partial charge is 0.261 e. The zero-order chi connectivity index (χ0) is 13.5. The number of anilines is 2. The van der Waals surface area contributed by atoms with E-state index in [1.807, 2.05) is 6.26 Å². The fourth-order valence-electron chi connectivity index (χ4n) is 1.68. The van der Waals surface area contributed by atoms with E-state index in [-0.39, 0.29) is 0 Å². The maximum atomic E-state index is 11.2. The Morgan fingerprint density at radius 3 is 2.67 bits per heavy atom. The lowest BCUT2D eigenvalue weighted by Crippen LogP contribution is -2.10. The van der Waals surface area contributed by atoms with Gasteiger partial charge in [-0.25, -0.2) is 0 Å². The van der Waals surface area contributed by atoms with Gasteiger partial charge in [0, 0.05) is 6.54 Å². The Morgan fingerprint density at radius 2 is 2.11 bits per heavy atom. The summed E-state index contributed by atoms with van der Waals surface area (Å²) in [6.45, 7) is 3.10. The number of nitrogens with two attached hydrogens (primary N) is 2. The molecule has 102 valence electrons. The Balaban J connectivity index is 2.64. The average Bonchev–Trinajstić information content (AvgIpc) is 2.65. The Hall–Kier alpha value is -0.880. The molecule has 1 aromatic heterocycles. The van der Waals surface area contributed by atoms with Crippen molar-refractivity contribution in [3.8, 4) is 0 Å².